The van der Waals surface area contributed by atoms with Gasteiger partial charge in [-0.3, -0.25) is 4.79 Å². The number of fused-ring (bicyclic) bond motifs is 1. The lowest BCUT2D eigenvalue weighted by Crippen LogP contribution is -2.18. The smallest absolute Gasteiger partial charge is 0.262 e. The van der Waals surface area contributed by atoms with Crippen LogP contribution < -0.4 is 10.1 Å². The number of benzene rings is 2. The Morgan fingerprint density at radius 1 is 1.08 bits per heavy atom. The first-order valence-electron chi connectivity index (χ1n) is 7.97. The number of amides is 1. The molecule has 0 radical (unpaired) electrons. The molecule has 0 bridgehead atoms. The molecule has 0 aliphatic carbocycles. The number of nitrogens with zero attached hydrogens (tertiary/aromatic N) is 2. The number of nitrogens with one attached hydrogen (secondary N) is 1. The maximum atomic E-state index is 12.7. The largest absolute Gasteiger partial charge is 0.477 e. The molecule has 0 fully saturated rings. The van der Waals surface area contributed by atoms with E-state index in [2.05, 4.69) is 10.4 Å². The van der Waals surface area contributed by atoms with Gasteiger partial charge < -0.3 is 10.1 Å². The SMILES string of the molecule is O=C(Nc1ccccc1-c1ccccc1)c1cnn2c1OCCC2. The van der Waals surface area contributed by atoms with Crippen LogP contribution in [0.5, 0.6) is 5.88 Å². The minimum absolute atomic E-state index is 0.207. The molecule has 0 unspecified atom stereocenters. The van der Waals surface area contributed by atoms with Crippen LogP contribution in [0.15, 0.2) is 60.8 Å². The third kappa shape index (κ3) is 2.65. The lowest BCUT2D eigenvalue weighted by molar-refractivity contribution is 0.102. The summed E-state index contributed by atoms with van der Waals surface area (Å²) in [6, 6.07) is 17.7. The zero-order valence-corrected chi connectivity index (χ0v) is 13.1. The van der Waals surface area contributed by atoms with E-state index in [4.69, 9.17) is 4.74 Å². The molecule has 5 nitrogen and oxygen atoms in total. The monoisotopic (exact) mass is 319 g/mol. The zero-order valence-electron chi connectivity index (χ0n) is 13.1. The van der Waals surface area contributed by atoms with E-state index in [-0.39, 0.29) is 5.91 Å². The maximum absolute atomic E-state index is 12.7. The van der Waals surface area contributed by atoms with Gasteiger partial charge in [-0.1, -0.05) is 48.5 Å². The van der Waals surface area contributed by atoms with Crippen LogP contribution >= 0.6 is 0 Å². The lowest BCUT2D eigenvalue weighted by atomic mass is 10.0. The summed E-state index contributed by atoms with van der Waals surface area (Å²) >= 11 is 0. The standard InChI is InChI=1S/C19H17N3O2/c23-18(16-13-20-22-11-6-12-24-19(16)22)21-17-10-5-4-9-15(17)14-7-2-1-3-8-14/h1-5,7-10,13H,6,11-12H2,(H,21,23). The third-order valence-electron chi connectivity index (χ3n) is 4.05. The summed E-state index contributed by atoms with van der Waals surface area (Å²) in [5.41, 5.74) is 3.28. The molecular formula is C19H17N3O2. The Labute approximate surface area is 139 Å². The molecular weight excluding hydrogens is 302 g/mol. The van der Waals surface area contributed by atoms with E-state index in [1.54, 1.807) is 10.9 Å². The Bertz CT molecular complexity index is 871. The second-order valence-electron chi connectivity index (χ2n) is 5.65. The number of hydrogen-bond acceptors (Lipinski definition) is 3. The fourth-order valence-corrected chi connectivity index (χ4v) is 2.88. The van der Waals surface area contributed by atoms with E-state index in [9.17, 15) is 4.79 Å². The van der Waals surface area contributed by atoms with E-state index >= 15 is 0 Å². The van der Waals surface area contributed by atoms with Crippen molar-refractivity contribution >= 4 is 11.6 Å². The highest BCUT2D eigenvalue weighted by Crippen LogP contribution is 2.29. The number of anilines is 1. The fourth-order valence-electron chi connectivity index (χ4n) is 2.88. The number of hydrogen-bond donors (Lipinski definition) is 1. The summed E-state index contributed by atoms with van der Waals surface area (Å²) in [5.74, 6) is 0.345. The van der Waals surface area contributed by atoms with Gasteiger partial charge in [-0.2, -0.15) is 5.10 Å². The van der Waals surface area contributed by atoms with Gasteiger partial charge in [0.15, 0.2) is 0 Å². The van der Waals surface area contributed by atoms with Crippen molar-refractivity contribution in [2.24, 2.45) is 0 Å². The van der Waals surface area contributed by atoms with Gasteiger partial charge in [-0.15, -0.1) is 0 Å². The van der Waals surface area contributed by atoms with Crippen LogP contribution in [0, 0.1) is 0 Å². The van der Waals surface area contributed by atoms with Crippen LogP contribution in [0.4, 0.5) is 5.69 Å². The molecule has 1 aromatic heterocycles. The lowest BCUT2D eigenvalue weighted by Gasteiger charge is -2.16. The van der Waals surface area contributed by atoms with Gasteiger partial charge in [-0.05, 0) is 11.6 Å². The second kappa shape index (κ2) is 6.20. The summed E-state index contributed by atoms with van der Waals surface area (Å²) in [5, 5.41) is 7.22. The molecule has 1 N–H and O–H groups in total. The van der Waals surface area contributed by atoms with Crippen LogP contribution in [0.1, 0.15) is 16.8 Å². The Hall–Kier alpha value is -3.08. The number of aromatic nitrogens is 2. The number of para-hydroxylation sites is 1. The van der Waals surface area contributed by atoms with Crippen molar-refractivity contribution < 1.29 is 9.53 Å². The van der Waals surface area contributed by atoms with E-state index in [1.807, 2.05) is 54.6 Å². The van der Waals surface area contributed by atoms with Gasteiger partial charge in [0.1, 0.15) is 5.56 Å². The fraction of sp³-hybridized carbons (Fsp3) is 0.158. The molecule has 0 saturated carbocycles. The Morgan fingerprint density at radius 3 is 2.75 bits per heavy atom. The van der Waals surface area contributed by atoms with Gasteiger partial charge >= 0.3 is 0 Å². The Balaban J connectivity index is 1.64. The van der Waals surface area contributed by atoms with Crippen LogP contribution in [0.2, 0.25) is 0 Å². The first-order valence-corrected chi connectivity index (χ1v) is 7.97. The predicted molar refractivity (Wildman–Crippen MR) is 92.2 cm³/mol. The van der Waals surface area contributed by atoms with Crippen molar-refractivity contribution in [1.29, 1.82) is 0 Å². The third-order valence-corrected chi connectivity index (χ3v) is 4.05. The van der Waals surface area contributed by atoms with E-state index in [1.165, 1.54) is 0 Å². The van der Waals surface area contributed by atoms with Gasteiger partial charge in [0, 0.05) is 24.2 Å². The molecule has 1 aliphatic rings. The normalized spacial score (nSPS) is 13.0. The maximum Gasteiger partial charge on any atom is 0.262 e. The van der Waals surface area contributed by atoms with Crippen molar-refractivity contribution in [3.8, 4) is 17.0 Å². The zero-order chi connectivity index (χ0) is 16.4. The summed E-state index contributed by atoms with van der Waals surface area (Å²) in [6.07, 6.45) is 2.48. The summed E-state index contributed by atoms with van der Waals surface area (Å²) < 4.78 is 7.35. The molecule has 0 saturated heterocycles. The van der Waals surface area contributed by atoms with Crippen LogP contribution in [0.3, 0.4) is 0 Å². The average Bonchev–Trinajstić information content (AvgIpc) is 3.07. The molecule has 1 amide bonds. The highest BCUT2D eigenvalue weighted by atomic mass is 16.5. The summed E-state index contributed by atoms with van der Waals surface area (Å²) in [7, 11) is 0. The quantitative estimate of drug-likeness (QED) is 0.803. The second-order valence-corrected chi connectivity index (χ2v) is 5.65. The van der Waals surface area contributed by atoms with Gasteiger partial charge in [-0.25, -0.2) is 4.68 Å². The molecule has 0 spiro atoms. The summed E-state index contributed by atoms with van der Waals surface area (Å²) in [4.78, 5) is 12.7. The predicted octanol–water partition coefficient (Wildman–Crippen LogP) is 3.58. The average molecular weight is 319 g/mol. The van der Waals surface area contributed by atoms with Crippen molar-refractivity contribution in [3.05, 3.63) is 66.4 Å². The molecule has 4 rings (SSSR count). The Morgan fingerprint density at radius 2 is 1.88 bits per heavy atom. The molecule has 0 atom stereocenters. The van der Waals surface area contributed by atoms with Crippen LogP contribution in [-0.2, 0) is 6.54 Å². The highest BCUT2D eigenvalue weighted by molar-refractivity contribution is 6.07. The highest BCUT2D eigenvalue weighted by Gasteiger charge is 2.22. The molecule has 120 valence electrons. The minimum atomic E-state index is -0.207. The number of aryl methyl sites for hydroxylation is 1. The molecule has 3 aromatic rings. The van der Waals surface area contributed by atoms with Crippen LogP contribution in [0.25, 0.3) is 11.1 Å². The number of carbonyl (C=O) groups is 1. The number of carbonyl (C=O) groups excluding carboxylic acids is 1. The number of ether oxygens (including phenoxy) is 1. The van der Waals surface area contributed by atoms with E-state index < -0.39 is 0 Å². The molecule has 1 aliphatic heterocycles. The van der Waals surface area contributed by atoms with Crippen molar-refractivity contribution in [3.63, 3.8) is 0 Å². The topological polar surface area (TPSA) is 56.2 Å². The van der Waals surface area contributed by atoms with E-state index in [0.29, 0.717) is 18.1 Å². The molecule has 24 heavy (non-hydrogen) atoms. The van der Waals surface area contributed by atoms with Crippen molar-refractivity contribution in [2.45, 2.75) is 13.0 Å². The van der Waals surface area contributed by atoms with Crippen molar-refractivity contribution in [1.82, 2.24) is 9.78 Å². The number of rotatable bonds is 3. The first kappa shape index (κ1) is 14.5. The first-order chi connectivity index (χ1) is 11.8. The summed E-state index contributed by atoms with van der Waals surface area (Å²) in [6.45, 7) is 1.40. The Kier molecular flexibility index (Phi) is 3.75. The molecule has 5 heteroatoms. The van der Waals surface area contributed by atoms with Gasteiger partial charge in [0.05, 0.1) is 12.8 Å². The van der Waals surface area contributed by atoms with Crippen molar-refractivity contribution in [2.75, 3.05) is 11.9 Å². The van der Waals surface area contributed by atoms with E-state index in [0.717, 1.165) is 29.8 Å². The molecule has 2 heterocycles. The van der Waals surface area contributed by atoms with Gasteiger partial charge in [0.2, 0.25) is 5.88 Å². The molecule has 2 aromatic carbocycles. The van der Waals surface area contributed by atoms with Crippen LogP contribution in [-0.4, -0.2) is 22.3 Å². The minimum Gasteiger partial charge on any atom is -0.477 e. The van der Waals surface area contributed by atoms with Gasteiger partial charge in [0.25, 0.3) is 5.91 Å².